The number of nitrogens with zero attached hydrogens (tertiary/aromatic N) is 1. The zero-order valence-corrected chi connectivity index (χ0v) is 5.70. The summed E-state index contributed by atoms with van der Waals surface area (Å²) < 4.78 is 0. The molecular formula is C8H10N2. The van der Waals surface area contributed by atoms with Gasteiger partial charge in [0, 0.05) is 18.6 Å². The monoisotopic (exact) mass is 134 g/mol. The summed E-state index contributed by atoms with van der Waals surface area (Å²) in [6.45, 7) is 3.49. The van der Waals surface area contributed by atoms with Crippen LogP contribution in [0.4, 0.5) is 0 Å². The van der Waals surface area contributed by atoms with Crippen LogP contribution in [0.5, 0.6) is 0 Å². The molecule has 0 aliphatic rings. The van der Waals surface area contributed by atoms with Gasteiger partial charge in [0.25, 0.3) is 0 Å². The minimum absolute atomic E-state index is 1.18. The molecule has 0 saturated carbocycles. The summed E-state index contributed by atoms with van der Waals surface area (Å²) in [4.78, 5) is 3.81. The molecule has 0 atom stereocenters. The molecule has 1 N–H and O–H groups in total. The van der Waals surface area contributed by atoms with Gasteiger partial charge in [0.15, 0.2) is 0 Å². The van der Waals surface area contributed by atoms with Crippen molar-refractivity contribution in [2.75, 3.05) is 0 Å². The van der Waals surface area contributed by atoms with Gasteiger partial charge in [0.05, 0.1) is 0 Å². The molecule has 0 aliphatic carbocycles. The number of hydrogen-bond acceptors (Lipinski definition) is 2. The van der Waals surface area contributed by atoms with Crippen molar-refractivity contribution in [2.45, 2.75) is 0 Å². The van der Waals surface area contributed by atoms with Gasteiger partial charge in [0.2, 0.25) is 0 Å². The molecule has 52 valence electrons. The second kappa shape index (κ2) is 7.56. The molecule has 0 saturated heterocycles. The van der Waals surface area contributed by atoms with Crippen molar-refractivity contribution in [2.24, 2.45) is 4.99 Å². The van der Waals surface area contributed by atoms with Crippen molar-refractivity contribution in [3.8, 4) is 0 Å². The van der Waals surface area contributed by atoms with Crippen molar-refractivity contribution in [1.82, 2.24) is 0 Å². The molecule has 2 nitrogen and oxygen atoms in total. The predicted octanol–water partition coefficient (Wildman–Crippen LogP) is 1.96. The summed E-state index contributed by atoms with van der Waals surface area (Å²) in [5.74, 6) is 0. The Labute approximate surface area is 60.8 Å². The number of allylic oxidation sites excluding steroid dienone is 4. The molecule has 10 heavy (non-hydrogen) atoms. The summed E-state index contributed by atoms with van der Waals surface area (Å²) >= 11 is 0. The van der Waals surface area contributed by atoms with Crippen LogP contribution in [0.15, 0.2) is 42.1 Å². The highest BCUT2D eigenvalue weighted by Gasteiger charge is 1.59. The van der Waals surface area contributed by atoms with Crippen LogP contribution in [0.3, 0.4) is 0 Å². The molecule has 0 heterocycles. The zero-order chi connectivity index (χ0) is 7.66. The number of aliphatic imine (C=N–C) groups is 1. The average Bonchev–Trinajstić information content (AvgIpc) is 1.97. The molecule has 0 aromatic rings. The highest BCUT2D eigenvalue weighted by Crippen LogP contribution is 1.72. The first kappa shape index (κ1) is 8.56. The maximum absolute atomic E-state index is 6.60. The first-order chi connectivity index (χ1) is 4.91. The minimum atomic E-state index is 1.18. The van der Waals surface area contributed by atoms with Crippen LogP contribution in [0.1, 0.15) is 0 Å². The summed E-state index contributed by atoms with van der Waals surface area (Å²) in [7, 11) is 0. The topological polar surface area (TPSA) is 36.2 Å². The van der Waals surface area contributed by atoms with E-state index in [0.29, 0.717) is 0 Å². The van der Waals surface area contributed by atoms with Gasteiger partial charge in [-0.3, -0.25) is 4.99 Å². The van der Waals surface area contributed by atoms with E-state index in [4.69, 9.17) is 5.41 Å². The maximum atomic E-state index is 6.60. The van der Waals surface area contributed by atoms with E-state index in [-0.39, 0.29) is 0 Å². The lowest BCUT2D eigenvalue weighted by Gasteiger charge is -1.70. The third kappa shape index (κ3) is 6.56. The van der Waals surface area contributed by atoms with E-state index >= 15 is 0 Å². The lowest BCUT2D eigenvalue weighted by molar-refractivity contribution is 1.55. The van der Waals surface area contributed by atoms with Crippen LogP contribution in [-0.4, -0.2) is 12.4 Å². The van der Waals surface area contributed by atoms with Crippen molar-refractivity contribution < 1.29 is 0 Å². The van der Waals surface area contributed by atoms with Crippen LogP contribution >= 0.6 is 0 Å². The second-order valence-corrected chi connectivity index (χ2v) is 1.43. The van der Waals surface area contributed by atoms with Crippen molar-refractivity contribution in [1.29, 1.82) is 5.41 Å². The Hall–Kier alpha value is -1.44. The number of hydrogen-bond donors (Lipinski definition) is 1. The quantitative estimate of drug-likeness (QED) is 0.450. The molecule has 0 bridgehead atoms. The number of rotatable bonds is 4. The minimum Gasteiger partial charge on any atom is -0.309 e. The Morgan fingerprint density at radius 2 is 2.00 bits per heavy atom. The van der Waals surface area contributed by atoms with Gasteiger partial charge in [-0.1, -0.05) is 18.7 Å². The molecule has 0 aromatic carbocycles. The van der Waals surface area contributed by atoms with Gasteiger partial charge < -0.3 is 5.41 Å². The highest BCUT2D eigenvalue weighted by molar-refractivity contribution is 5.73. The predicted molar refractivity (Wildman–Crippen MR) is 45.8 cm³/mol. The van der Waals surface area contributed by atoms with Crippen LogP contribution in [0.25, 0.3) is 0 Å². The van der Waals surface area contributed by atoms with Crippen molar-refractivity contribution in [3.05, 3.63) is 37.1 Å². The number of nitrogens with one attached hydrogen (secondary N) is 1. The lowest BCUT2D eigenvalue weighted by atomic mass is 10.5. The molecule has 0 unspecified atom stereocenters. The van der Waals surface area contributed by atoms with E-state index in [1.807, 2.05) is 0 Å². The molecule has 0 fully saturated rings. The maximum Gasteiger partial charge on any atom is 0.0282 e. The molecular weight excluding hydrogens is 124 g/mol. The first-order valence-electron chi connectivity index (χ1n) is 2.88. The first-order valence-corrected chi connectivity index (χ1v) is 2.88. The van der Waals surface area contributed by atoms with E-state index in [2.05, 4.69) is 11.6 Å². The third-order valence-corrected chi connectivity index (χ3v) is 0.688. The molecule has 0 spiro atoms. The largest absolute Gasteiger partial charge is 0.309 e. The molecule has 0 rings (SSSR count). The molecule has 0 amide bonds. The third-order valence-electron chi connectivity index (χ3n) is 0.688. The average molecular weight is 134 g/mol. The van der Waals surface area contributed by atoms with Gasteiger partial charge >= 0.3 is 0 Å². The normalized spacial score (nSPS) is 11.6. The summed E-state index contributed by atoms with van der Waals surface area (Å²) in [5, 5.41) is 6.60. The summed E-state index contributed by atoms with van der Waals surface area (Å²) in [5.41, 5.74) is 0. The Balaban J connectivity index is 3.55. The fraction of sp³-hybridized carbons (Fsp3) is 0. The summed E-state index contributed by atoms with van der Waals surface area (Å²) in [6, 6.07) is 0. The van der Waals surface area contributed by atoms with Crippen LogP contribution in [-0.2, 0) is 0 Å². The molecule has 0 radical (unpaired) electrons. The Morgan fingerprint density at radius 1 is 1.20 bits per heavy atom. The smallest absolute Gasteiger partial charge is 0.0282 e. The van der Waals surface area contributed by atoms with E-state index < -0.39 is 0 Å². The van der Waals surface area contributed by atoms with Crippen LogP contribution < -0.4 is 0 Å². The molecule has 0 aliphatic heterocycles. The summed E-state index contributed by atoms with van der Waals surface area (Å²) in [6.07, 6.45) is 11.1. The van der Waals surface area contributed by atoms with E-state index in [1.54, 1.807) is 30.6 Å². The van der Waals surface area contributed by atoms with Gasteiger partial charge in [0.1, 0.15) is 0 Å². The zero-order valence-electron chi connectivity index (χ0n) is 5.70. The van der Waals surface area contributed by atoms with Crippen LogP contribution in [0, 0.1) is 5.41 Å². The molecule has 2 heteroatoms. The highest BCUT2D eigenvalue weighted by atomic mass is 14.7. The van der Waals surface area contributed by atoms with Crippen molar-refractivity contribution >= 4 is 12.4 Å². The fourth-order valence-electron chi connectivity index (χ4n) is 0.320. The van der Waals surface area contributed by atoms with E-state index in [1.165, 1.54) is 12.3 Å². The SMILES string of the molecule is C=C/C=C/C=N/C=C/C=N. The van der Waals surface area contributed by atoms with E-state index in [0.717, 1.165) is 0 Å². The van der Waals surface area contributed by atoms with Crippen LogP contribution in [0.2, 0.25) is 0 Å². The lowest BCUT2D eigenvalue weighted by Crippen LogP contribution is -1.60. The van der Waals surface area contributed by atoms with Crippen molar-refractivity contribution in [3.63, 3.8) is 0 Å². The van der Waals surface area contributed by atoms with Gasteiger partial charge in [-0.2, -0.15) is 0 Å². The Morgan fingerprint density at radius 3 is 2.60 bits per heavy atom. The molecule has 0 aromatic heterocycles. The Bertz CT molecular complexity index is 156. The second-order valence-electron chi connectivity index (χ2n) is 1.43. The van der Waals surface area contributed by atoms with Gasteiger partial charge in [-0.15, -0.1) is 0 Å². The Kier molecular flexibility index (Phi) is 6.47. The van der Waals surface area contributed by atoms with E-state index in [9.17, 15) is 0 Å². The fourth-order valence-corrected chi connectivity index (χ4v) is 0.320. The van der Waals surface area contributed by atoms with Gasteiger partial charge in [-0.25, -0.2) is 0 Å². The standard InChI is InChI=1S/C8H10N2/c1-2-3-4-7-10-8-5-6-9/h2-9H,1H2/b4-3+,8-5+,9-6?,10-7+. The van der Waals surface area contributed by atoms with Gasteiger partial charge in [-0.05, 0) is 12.2 Å².